The maximum Gasteiger partial charge on any atom is 0.223 e. The van der Waals surface area contributed by atoms with Crippen LogP contribution in [0.5, 0.6) is 5.88 Å². The average Bonchev–Trinajstić information content (AvgIpc) is 3.41. The average molecular weight is 384 g/mol. The smallest absolute Gasteiger partial charge is 0.223 e. The van der Waals surface area contributed by atoms with Gasteiger partial charge in [-0.2, -0.15) is 10.5 Å². The van der Waals surface area contributed by atoms with Crippen LogP contribution in [0.3, 0.4) is 0 Å². The number of pyridine rings is 1. The number of rotatable bonds is 4. The molecule has 0 saturated heterocycles. The monoisotopic (exact) mass is 384 g/mol. The summed E-state index contributed by atoms with van der Waals surface area (Å²) in [5.41, 5.74) is 3.95. The van der Waals surface area contributed by atoms with E-state index in [9.17, 15) is 10.5 Å². The number of nitriles is 2. The minimum Gasteiger partial charge on any atom is -0.480 e. The zero-order valence-electron chi connectivity index (χ0n) is 17.1. The fourth-order valence-electron chi connectivity index (χ4n) is 4.32. The molecule has 0 spiro atoms. The highest BCUT2D eigenvalue weighted by atomic mass is 16.5. The van der Waals surface area contributed by atoms with Crippen LogP contribution >= 0.6 is 0 Å². The highest BCUT2D eigenvalue weighted by Crippen LogP contribution is 2.42. The molecule has 2 aromatic heterocycles. The van der Waals surface area contributed by atoms with Crippen LogP contribution in [0.15, 0.2) is 36.7 Å². The molecule has 0 atom stereocenters. The van der Waals surface area contributed by atoms with E-state index in [-0.39, 0.29) is 0 Å². The van der Waals surface area contributed by atoms with Gasteiger partial charge in [-0.1, -0.05) is 37.1 Å². The van der Waals surface area contributed by atoms with Crippen molar-refractivity contribution in [3.63, 3.8) is 0 Å². The maximum atomic E-state index is 9.72. The molecule has 3 aromatic rings. The van der Waals surface area contributed by atoms with Crippen molar-refractivity contribution in [3.05, 3.63) is 47.8 Å². The topological polar surface area (TPSA) is 74.6 Å². The summed E-state index contributed by atoms with van der Waals surface area (Å²) in [6.07, 6.45) is 8.41. The van der Waals surface area contributed by atoms with E-state index < -0.39 is 5.41 Å². The standard InChI is InChI=1S/C24H24N4O/c1-24(2,15-26)18-10-8-16(9-11-18)20-14-28(19-6-4-5-7-19)22-17(12-25)13-27-23(29-3)21(20)22/h8-11,13-14,19H,4-7H2,1-3H3. The predicted octanol–water partition coefficient (Wildman–Crippen LogP) is 5.50. The Balaban J connectivity index is 1.95. The van der Waals surface area contributed by atoms with Crippen LogP contribution in [-0.4, -0.2) is 16.7 Å². The van der Waals surface area contributed by atoms with Crippen molar-refractivity contribution in [1.82, 2.24) is 9.55 Å². The minimum absolute atomic E-state index is 0.391. The number of methoxy groups -OCH3 is 1. The lowest BCUT2D eigenvalue weighted by molar-refractivity contribution is 0.403. The van der Waals surface area contributed by atoms with Gasteiger partial charge in [0.25, 0.3) is 0 Å². The van der Waals surface area contributed by atoms with Crippen molar-refractivity contribution in [2.24, 2.45) is 0 Å². The van der Waals surface area contributed by atoms with Gasteiger partial charge in [0.1, 0.15) is 6.07 Å². The number of hydrogen-bond donors (Lipinski definition) is 0. The second kappa shape index (κ2) is 7.26. The summed E-state index contributed by atoms with van der Waals surface area (Å²) in [6, 6.07) is 13.1. The van der Waals surface area contributed by atoms with Gasteiger partial charge in [0.15, 0.2) is 0 Å². The van der Waals surface area contributed by atoms with Crippen molar-refractivity contribution in [2.75, 3.05) is 7.11 Å². The summed E-state index contributed by atoms with van der Waals surface area (Å²) in [6.45, 7) is 3.83. The molecule has 1 aliphatic carbocycles. The van der Waals surface area contributed by atoms with Gasteiger partial charge in [0, 0.05) is 17.8 Å². The molecule has 0 N–H and O–H groups in total. The Morgan fingerprint density at radius 1 is 1.14 bits per heavy atom. The lowest BCUT2D eigenvalue weighted by Crippen LogP contribution is -2.13. The second-order valence-electron chi connectivity index (χ2n) is 8.22. The van der Waals surface area contributed by atoms with Crippen molar-refractivity contribution >= 4 is 10.9 Å². The maximum absolute atomic E-state index is 9.72. The summed E-state index contributed by atoms with van der Waals surface area (Å²) >= 11 is 0. The molecule has 0 radical (unpaired) electrons. The Kier molecular flexibility index (Phi) is 4.76. The molecular formula is C24H24N4O. The molecule has 2 heterocycles. The lowest BCUT2D eigenvalue weighted by Gasteiger charge is -2.16. The molecule has 1 fully saturated rings. The zero-order valence-corrected chi connectivity index (χ0v) is 17.1. The normalized spacial score (nSPS) is 14.7. The first kappa shape index (κ1) is 19.0. The first-order chi connectivity index (χ1) is 14.0. The highest BCUT2D eigenvalue weighted by molar-refractivity contribution is 6.02. The molecule has 1 saturated carbocycles. The van der Waals surface area contributed by atoms with E-state index in [0.29, 0.717) is 17.5 Å². The van der Waals surface area contributed by atoms with E-state index in [1.165, 1.54) is 12.8 Å². The van der Waals surface area contributed by atoms with Crippen molar-refractivity contribution in [3.8, 4) is 29.1 Å². The number of aromatic nitrogens is 2. The summed E-state index contributed by atoms with van der Waals surface area (Å²) in [5, 5.41) is 20.0. The van der Waals surface area contributed by atoms with Crippen molar-refractivity contribution in [2.45, 2.75) is 51.0 Å². The van der Waals surface area contributed by atoms with E-state index in [1.807, 2.05) is 38.1 Å². The molecule has 5 heteroatoms. The fraction of sp³-hybridized carbons (Fsp3) is 0.375. The van der Waals surface area contributed by atoms with Crippen LogP contribution in [0, 0.1) is 22.7 Å². The number of nitrogens with zero attached hydrogens (tertiary/aromatic N) is 4. The minimum atomic E-state index is -0.538. The molecule has 0 unspecified atom stereocenters. The molecule has 29 heavy (non-hydrogen) atoms. The summed E-state index contributed by atoms with van der Waals surface area (Å²) < 4.78 is 7.84. The second-order valence-corrected chi connectivity index (χ2v) is 8.22. The molecule has 146 valence electrons. The van der Waals surface area contributed by atoms with Gasteiger partial charge in [-0.3, -0.25) is 0 Å². The van der Waals surface area contributed by atoms with Gasteiger partial charge in [-0.25, -0.2) is 4.98 Å². The summed E-state index contributed by atoms with van der Waals surface area (Å²) in [7, 11) is 1.61. The van der Waals surface area contributed by atoms with Gasteiger partial charge in [-0.15, -0.1) is 0 Å². The summed E-state index contributed by atoms with van der Waals surface area (Å²) in [4.78, 5) is 4.39. The van der Waals surface area contributed by atoms with E-state index in [0.717, 1.165) is 40.4 Å². The molecule has 0 aliphatic heterocycles. The molecule has 0 bridgehead atoms. The van der Waals surface area contributed by atoms with E-state index in [2.05, 4.69) is 27.9 Å². The van der Waals surface area contributed by atoms with Crippen molar-refractivity contribution in [1.29, 1.82) is 10.5 Å². The van der Waals surface area contributed by atoms with Crippen LogP contribution in [0.4, 0.5) is 0 Å². The molecular weight excluding hydrogens is 360 g/mol. The SMILES string of the molecule is COc1ncc(C#N)c2c1c(-c1ccc(C(C)(C)C#N)cc1)cn2C1CCCC1. The van der Waals surface area contributed by atoms with Crippen LogP contribution in [0.1, 0.15) is 56.7 Å². The number of hydrogen-bond acceptors (Lipinski definition) is 4. The predicted molar refractivity (Wildman–Crippen MR) is 113 cm³/mol. The third-order valence-electron chi connectivity index (χ3n) is 6.04. The van der Waals surface area contributed by atoms with E-state index in [1.54, 1.807) is 13.3 Å². The summed E-state index contributed by atoms with van der Waals surface area (Å²) in [5.74, 6) is 0.534. The quantitative estimate of drug-likeness (QED) is 0.595. The third kappa shape index (κ3) is 3.13. The number of ether oxygens (including phenoxy) is 1. The van der Waals surface area contributed by atoms with Crippen LogP contribution in [0.25, 0.3) is 22.0 Å². The Morgan fingerprint density at radius 3 is 2.41 bits per heavy atom. The molecule has 1 aliphatic rings. The molecule has 0 amide bonds. The van der Waals surface area contributed by atoms with Gasteiger partial charge < -0.3 is 9.30 Å². The van der Waals surface area contributed by atoms with Crippen LogP contribution in [-0.2, 0) is 5.41 Å². The lowest BCUT2D eigenvalue weighted by atomic mass is 9.85. The van der Waals surface area contributed by atoms with Crippen LogP contribution < -0.4 is 4.74 Å². The van der Waals surface area contributed by atoms with Gasteiger partial charge >= 0.3 is 0 Å². The zero-order chi connectivity index (χ0) is 20.6. The molecule has 4 rings (SSSR count). The van der Waals surface area contributed by atoms with Gasteiger partial charge in [0.05, 0.1) is 41.3 Å². The van der Waals surface area contributed by atoms with Crippen LogP contribution in [0.2, 0.25) is 0 Å². The largest absolute Gasteiger partial charge is 0.480 e. The third-order valence-corrected chi connectivity index (χ3v) is 6.04. The van der Waals surface area contributed by atoms with Crippen molar-refractivity contribution < 1.29 is 4.74 Å². The first-order valence-corrected chi connectivity index (χ1v) is 10.00. The Bertz CT molecular complexity index is 1140. The molecule has 1 aromatic carbocycles. The van der Waals surface area contributed by atoms with Gasteiger partial charge in [0.2, 0.25) is 5.88 Å². The Labute approximate surface area is 171 Å². The first-order valence-electron chi connectivity index (χ1n) is 10.00. The Morgan fingerprint density at radius 2 is 1.83 bits per heavy atom. The highest BCUT2D eigenvalue weighted by Gasteiger charge is 2.25. The Hall–Kier alpha value is -3.31. The van der Waals surface area contributed by atoms with E-state index in [4.69, 9.17) is 4.74 Å². The molecule has 5 nitrogen and oxygen atoms in total. The van der Waals surface area contributed by atoms with Gasteiger partial charge in [-0.05, 0) is 37.8 Å². The fourth-order valence-corrected chi connectivity index (χ4v) is 4.32. The number of fused-ring (bicyclic) bond motifs is 1. The van der Waals surface area contributed by atoms with E-state index >= 15 is 0 Å². The number of benzene rings is 1.